The van der Waals surface area contributed by atoms with Gasteiger partial charge in [0.05, 0.1) is 10.9 Å². The minimum absolute atomic E-state index is 0.224. The first-order chi connectivity index (χ1) is 12.1. The molecule has 2 N–H and O–H groups in total. The maximum absolute atomic E-state index is 12.4. The zero-order chi connectivity index (χ0) is 17.4. The highest BCUT2D eigenvalue weighted by molar-refractivity contribution is 5.91. The lowest BCUT2D eigenvalue weighted by Crippen LogP contribution is -2.34. The van der Waals surface area contributed by atoms with Gasteiger partial charge in [-0.3, -0.25) is 19.1 Å². The number of nitrogens with zero attached hydrogens (tertiary/aromatic N) is 2. The number of rotatable bonds is 3. The molecule has 1 aliphatic carbocycles. The van der Waals surface area contributed by atoms with Crippen molar-refractivity contribution in [2.75, 3.05) is 5.32 Å². The summed E-state index contributed by atoms with van der Waals surface area (Å²) in [4.78, 5) is 38.6. The van der Waals surface area contributed by atoms with Crippen LogP contribution in [0.1, 0.15) is 24.2 Å². The van der Waals surface area contributed by atoms with E-state index < -0.39 is 17.2 Å². The van der Waals surface area contributed by atoms with Crippen molar-refractivity contribution >= 4 is 22.6 Å². The van der Waals surface area contributed by atoms with E-state index >= 15 is 0 Å². The topological polar surface area (TPSA) is 110 Å². The molecule has 0 radical (unpaired) electrons. The zero-order valence-corrected chi connectivity index (χ0v) is 13.4. The van der Waals surface area contributed by atoms with Gasteiger partial charge in [-0.05, 0) is 31.4 Å². The quantitative estimate of drug-likeness (QED) is 0.744. The van der Waals surface area contributed by atoms with E-state index in [2.05, 4.69) is 15.5 Å². The van der Waals surface area contributed by atoms with Crippen LogP contribution in [0.25, 0.3) is 10.9 Å². The van der Waals surface area contributed by atoms with Gasteiger partial charge < -0.3 is 9.84 Å². The second kappa shape index (κ2) is 6.04. The number of aromatic nitrogens is 3. The van der Waals surface area contributed by atoms with Gasteiger partial charge in [0.25, 0.3) is 5.56 Å². The molecule has 25 heavy (non-hydrogen) atoms. The molecule has 1 amide bonds. The van der Waals surface area contributed by atoms with Crippen LogP contribution >= 0.6 is 0 Å². The van der Waals surface area contributed by atoms with Gasteiger partial charge in [0, 0.05) is 12.0 Å². The van der Waals surface area contributed by atoms with E-state index in [4.69, 9.17) is 4.52 Å². The van der Waals surface area contributed by atoms with E-state index in [0.717, 1.165) is 37.0 Å². The second-order valence-electron chi connectivity index (χ2n) is 6.05. The van der Waals surface area contributed by atoms with E-state index in [1.807, 2.05) is 0 Å². The van der Waals surface area contributed by atoms with Crippen molar-refractivity contribution in [2.24, 2.45) is 0 Å². The Morgan fingerprint density at radius 3 is 2.92 bits per heavy atom. The minimum Gasteiger partial charge on any atom is -0.359 e. The molecular formula is C17H16N4O4. The highest BCUT2D eigenvalue weighted by Crippen LogP contribution is 2.27. The first-order valence-corrected chi connectivity index (χ1v) is 8.12. The Kier molecular flexibility index (Phi) is 3.72. The summed E-state index contributed by atoms with van der Waals surface area (Å²) in [5, 5.41) is 6.99. The summed E-state index contributed by atoms with van der Waals surface area (Å²) < 4.78 is 6.50. The molecule has 0 unspecified atom stereocenters. The van der Waals surface area contributed by atoms with Gasteiger partial charge in [0.15, 0.2) is 5.82 Å². The highest BCUT2D eigenvalue weighted by atomic mass is 16.5. The minimum atomic E-state index is -0.624. The molecule has 128 valence electrons. The molecule has 8 nitrogen and oxygen atoms in total. The molecule has 8 heteroatoms. The number of carbonyl (C=O) groups excluding carboxylic acids is 1. The lowest BCUT2D eigenvalue weighted by Gasteiger charge is -2.11. The number of fused-ring (bicyclic) bond motifs is 2. The van der Waals surface area contributed by atoms with Gasteiger partial charge in [-0.25, -0.2) is 4.79 Å². The highest BCUT2D eigenvalue weighted by Gasteiger charge is 2.21. The van der Waals surface area contributed by atoms with Gasteiger partial charge in [-0.15, -0.1) is 0 Å². The Labute approximate surface area is 141 Å². The lowest BCUT2D eigenvalue weighted by atomic mass is 9.98. The standard InChI is InChI=1S/C17H16N4O4/c22-14(18-15-11-6-2-4-8-13(11)25-20-15)9-21-12-7-3-1-5-10(12)16(23)19-17(21)24/h1,3,5,7H,2,4,6,8-9H2,(H,18,20,22)(H,19,23,24). The van der Waals surface area contributed by atoms with Crippen molar-refractivity contribution < 1.29 is 9.32 Å². The lowest BCUT2D eigenvalue weighted by molar-refractivity contribution is -0.116. The van der Waals surface area contributed by atoms with Crippen LogP contribution in [0.2, 0.25) is 0 Å². The fraction of sp³-hybridized carbons (Fsp3) is 0.294. The summed E-state index contributed by atoms with van der Waals surface area (Å²) in [6.07, 6.45) is 3.72. The summed E-state index contributed by atoms with van der Waals surface area (Å²) in [7, 11) is 0. The van der Waals surface area contributed by atoms with Crippen molar-refractivity contribution in [1.82, 2.24) is 14.7 Å². The normalized spacial score (nSPS) is 13.6. The molecule has 4 rings (SSSR count). The van der Waals surface area contributed by atoms with Crippen LogP contribution in [0, 0.1) is 0 Å². The number of H-pyrrole nitrogens is 1. The average molecular weight is 340 g/mol. The van der Waals surface area contributed by atoms with Crippen LogP contribution < -0.4 is 16.6 Å². The second-order valence-corrected chi connectivity index (χ2v) is 6.05. The number of benzene rings is 1. The third-order valence-corrected chi connectivity index (χ3v) is 4.41. The Morgan fingerprint density at radius 1 is 1.24 bits per heavy atom. The number of aryl methyl sites for hydroxylation is 1. The number of hydrogen-bond donors (Lipinski definition) is 2. The first-order valence-electron chi connectivity index (χ1n) is 8.12. The van der Waals surface area contributed by atoms with Crippen LogP contribution in [0.15, 0.2) is 38.4 Å². The van der Waals surface area contributed by atoms with E-state index in [9.17, 15) is 14.4 Å². The monoisotopic (exact) mass is 340 g/mol. The third-order valence-electron chi connectivity index (χ3n) is 4.41. The smallest absolute Gasteiger partial charge is 0.329 e. The maximum Gasteiger partial charge on any atom is 0.329 e. The number of amides is 1. The number of nitrogens with one attached hydrogen (secondary N) is 2. The van der Waals surface area contributed by atoms with Crippen LogP contribution in [0.3, 0.4) is 0 Å². The van der Waals surface area contributed by atoms with Crippen LogP contribution in [0.5, 0.6) is 0 Å². The number of hydrogen-bond acceptors (Lipinski definition) is 5. The van der Waals surface area contributed by atoms with Crippen LogP contribution in [0.4, 0.5) is 5.82 Å². The van der Waals surface area contributed by atoms with Gasteiger partial charge in [-0.1, -0.05) is 17.3 Å². The molecule has 0 atom stereocenters. The number of carbonyl (C=O) groups is 1. The summed E-state index contributed by atoms with van der Waals surface area (Å²) in [6, 6.07) is 6.66. The molecule has 2 heterocycles. The fourth-order valence-electron chi connectivity index (χ4n) is 3.20. The van der Waals surface area contributed by atoms with Gasteiger partial charge in [0.2, 0.25) is 5.91 Å². The predicted octanol–water partition coefficient (Wildman–Crippen LogP) is 1.20. The molecule has 3 aromatic rings. The van der Waals surface area contributed by atoms with Crippen molar-refractivity contribution in [2.45, 2.75) is 32.2 Å². The predicted molar refractivity (Wildman–Crippen MR) is 90.6 cm³/mol. The van der Waals surface area contributed by atoms with Crippen LogP contribution in [-0.2, 0) is 24.2 Å². The van der Waals surface area contributed by atoms with Gasteiger partial charge in [-0.2, -0.15) is 0 Å². The maximum atomic E-state index is 12.4. The van der Waals surface area contributed by atoms with E-state index in [0.29, 0.717) is 16.7 Å². The Morgan fingerprint density at radius 2 is 2.04 bits per heavy atom. The van der Waals surface area contributed by atoms with Crippen molar-refractivity contribution in [3.05, 3.63) is 56.4 Å². The number of para-hydroxylation sites is 1. The van der Waals surface area contributed by atoms with E-state index in [1.165, 1.54) is 4.57 Å². The molecule has 0 bridgehead atoms. The third kappa shape index (κ3) is 2.75. The molecule has 0 saturated heterocycles. The largest absolute Gasteiger partial charge is 0.359 e. The first kappa shape index (κ1) is 15.4. The Balaban J connectivity index is 1.64. The number of aromatic amines is 1. The summed E-state index contributed by atoms with van der Waals surface area (Å²) in [5.74, 6) is 0.829. The molecule has 0 fully saturated rings. The van der Waals surface area contributed by atoms with Crippen molar-refractivity contribution in [1.29, 1.82) is 0 Å². The molecule has 1 aromatic carbocycles. The van der Waals surface area contributed by atoms with Crippen molar-refractivity contribution in [3.63, 3.8) is 0 Å². The van der Waals surface area contributed by atoms with Gasteiger partial charge >= 0.3 is 5.69 Å². The summed E-state index contributed by atoms with van der Waals surface area (Å²) in [6.45, 7) is -0.224. The molecule has 2 aromatic heterocycles. The molecule has 1 aliphatic rings. The van der Waals surface area contributed by atoms with Crippen molar-refractivity contribution in [3.8, 4) is 0 Å². The zero-order valence-electron chi connectivity index (χ0n) is 13.4. The molecule has 0 aliphatic heterocycles. The average Bonchev–Trinajstić information content (AvgIpc) is 3.02. The fourth-order valence-corrected chi connectivity index (χ4v) is 3.20. The summed E-state index contributed by atoms with van der Waals surface area (Å²) in [5.41, 5.74) is 0.246. The Bertz CT molecular complexity index is 1080. The van der Waals surface area contributed by atoms with E-state index in [-0.39, 0.29) is 6.54 Å². The SMILES string of the molecule is O=C(Cn1c(=O)[nH]c(=O)c2ccccc21)Nc1noc2c1CCCC2. The molecular weight excluding hydrogens is 324 g/mol. The Hall–Kier alpha value is -3.16. The molecule has 0 saturated carbocycles. The van der Waals surface area contributed by atoms with Crippen LogP contribution in [-0.4, -0.2) is 20.6 Å². The summed E-state index contributed by atoms with van der Waals surface area (Å²) >= 11 is 0. The molecule has 0 spiro atoms. The number of anilines is 1. The van der Waals surface area contributed by atoms with Gasteiger partial charge in [0.1, 0.15) is 12.3 Å². The van der Waals surface area contributed by atoms with E-state index in [1.54, 1.807) is 24.3 Å².